The SMILES string of the molecule is CNC(=O)N1CCCC(N(Cc2cccnc2)C(=O)C(C)C)C1. The van der Waals surface area contributed by atoms with Crippen molar-refractivity contribution in [3.8, 4) is 0 Å². The highest BCUT2D eigenvalue weighted by atomic mass is 16.2. The van der Waals surface area contributed by atoms with E-state index in [1.807, 2.05) is 30.9 Å². The van der Waals surface area contributed by atoms with Gasteiger partial charge in [-0.2, -0.15) is 0 Å². The normalized spacial score (nSPS) is 17.9. The van der Waals surface area contributed by atoms with Gasteiger partial charge in [0.1, 0.15) is 0 Å². The van der Waals surface area contributed by atoms with Crippen molar-refractivity contribution in [2.24, 2.45) is 5.92 Å². The minimum atomic E-state index is -0.0759. The Morgan fingerprint density at radius 1 is 1.48 bits per heavy atom. The van der Waals surface area contributed by atoms with Gasteiger partial charge in [0.2, 0.25) is 5.91 Å². The topological polar surface area (TPSA) is 65.5 Å². The summed E-state index contributed by atoms with van der Waals surface area (Å²) in [6.45, 7) is 5.69. The van der Waals surface area contributed by atoms with Gasteiger partial charge in [-0.1, -0.05) is 19.9 Å². The van der Waals surface area contributed by atoms with Gasteiger partial charge in [-0.25, -0.2) is 4.79 Å². The number of nitrogens with one attached hydrogen (secondary N) is 1. The summed E-state index contributed by atoms with van der Waals surface area (Å²) in [4.78, 5) is 32.4. The summed E-state index contributed by atoms with van der Waals surface area (Å²) in [5.74, 6) is 0.0552. The average molecular weight is 318 g/mol. The van der Waals surface area contributed by atoms with Gasteiger partial charge in [0, 0.05) is 51.0 Å². The van der Waals surface area contributed by atoms with E-state index in [-0.39, 0.29) is 23.9 Å². The number of urea groups is 1. The van der Waals surface area contributed by atoms with Crippen LogP contribution in [-0.4, -0.2) is 52.9 Å². The van der Waals surface area contributed by atoms with Crippen molar-refractivity contribution in [3.05, 3.63) is 30.1 Å². The van der Waals surface area contributed by atoms with E-state index in [0.29, 0.717) is 13.1 Å². The second-order valence-corrected chi connectivity index (χ2v) is 6.28. The van der Waals surface area contributed by atoms with Crippen molar-refractivity contribution in [2.75, 3.05) is 20.1 Å². The Bertz CT molecular complexity index is 533. The highest BCUT2D eigenvalue weighted by Crippen LogP contribution is 2.20. The van der Waals surface area contributed by atoms with Gasteiger partial charge in [0.15, 0.2) is 0 Å². The lowest BCUT2D eigenvalue weighted by molar-refractivity contribution is -0.138. The van der Waals surface area contributed by atoms with Crippen LogP contribution in [0, 0.1) is 5.92 Å². The van der Waals surface area contributed by atoms with Crippen LogP contribution in [0.3, 0.4) is 0 Å². The molecule has 1 aromatic heterocycles. The van der Waals surface area contributed by atoms with E-state index in [1.54, 1.807) is 24.3 Å². The summed E-state index contributed by atoms with van der Waals surface area (Å²) < 4.78 is 0. The van der Waals surface area contributed by atoms with Gasteiger partial charge in [0.05, 0.1) is 0 Å². The first kappa shape index (κ1) is 17.2. The molecule has 0 bridgehead atoms. The second-order valence-electron chi connectivity index (χ2n) is 6.28. The first-order valence-electron chi connectivity index (χ1n) is 8.19. The largest absolute Gasteiger partial charge is 0.341 e. The summed E-state index contributed by atoms with van der Waals surface area (Å²) in [7, 11) is 1.64. The van der Waals surface area contributed by atoms with E-state index in [2.05, 4.69) is 10.3 Å². The molecule has 0 aromatic carbocycles. The van der Waals surface area contributed by atoms with E-state index in [9.17, 15) is 9.59 Å². The highest BCUT2D eigenvalue weighted by molar-refractivity contribution is 5.79. The molecule has 126 valence electrons. The summed E-state index contributed by atoms with van der Waals surface area (Å²) in [6, 6.07) is 3.84. The summed E-state index contributed by atoms with van der Waals surface area (Å²) in [6.07, 6.45) is 5.35. The number of hydrogen-bond acceptors (Lipinski definition) is 3. The van der Waals surface area contributed by atoms with Gasteiger partial charge < -0.3 is 15.1 Å². The van der Waals surface area contributed by atoms with Crippen LogP contribution in [0.5, 0.6) is 0 Å². The van der Waals surface area contributed by atoms with E-state index in [1.165, 1.54) is 0 Å². The first-order chi connectivity index (χ1) is 11.0. The summed E-state index contributed by atoms with van der Waals surface area (Å²) >= 11 is 0. The molecule has 1 saturated heterocycles. The van der Waals surface area contributed by atoms with E-state index >= 15 is 0 Å². The Hall–Kier alpha value is -2.11. The minimum absolute atomic E-state index is 0.0520. The molecule has 6 nitrogen and oxygen atoms in total. The Labute approximate surface area is 137 Å². The van der Waals surface area contributed by atoms with Crippen LogP contribution in [0.1, 0.15) is 32.3 Å². The molecule has 2 rings (SSSR count). The molecule has 1 aromatic rings. The zero-order valence-corrected chi connectivity index (χ0v) is 14.2. The maximum Gasteiger partial charge on any atom is 0.317 e. The second kappa shape index (κ2) is 7.94. The number of hydrogen-bond donors (Lipinski definition) is 1. The third-order valence-electron chi connectivity index (χ3n) is 4.19. The Balaban J connectivity index is 2.16. The highest BCUT2D eigenvalue weighted by Gasteiger charge is 2.31. The summed E-state index contributed by atoms with van der Waals surface area (Å²) in [5, 5.41) is 2.67. The van der Waals surface area contributed by atoms with Crippen LogP contribution < -0.4 is 5.32 Å². The molecule has 0 radical (unpaired) electrons. The molecular weight excluding hydrogens is 292 g/mol. The fourth-order valence-corrected chi connectivity index (χ4v) is 2.96. The van der Waals surface area contributed by atoms with Crippen molar-refractivity contribution >= 4 is 11.9 Å². The Morgan fingerprint density at radius 2 is 2.26 bits per heavy atom. The van der Waals surface area contributed by atoms with Crippen molar-refractivity contribution in [3.63, 3.8) is 0 Å². The molecule has 1 N–H and O–H groups in total. The van der Waals surface area contributed by atoms with E-state index in [4.69, 9.17) is 0 Å². The molecule has 1 aliphatic heterocycles. The van der Waals surface area contributed by atoms with Gasteiger partial charge in [-0.15, -0.1) is 0 Å². The quantitative estimate of drug-likeness (QED) is 0.921. The van der Waals surface area contributed by atoms with Crippen LogP contribution in [0.2, 0.25) is 0 Å². The molecule has 1 aliphatic rings. The molecule has 3 amide bonds. The summed E-state index contributed by atoms with van der Waals surface area (Å²) in [5.41, 5.74) is 1.01. The number of pyridine rings is 1. The molecule has 23 heavy (non-hydrogen) atoms. The number of amides is 3. The molecule has 1 unspecified atom stereocenters. The zero-order valence-electron chi connectivity index (χ0n) is 14.2. The van der Waals surface area contributed by atoms with Crippen LogP contribution in [0.15, 0.2) is 24.5 Å². The minimum Gasteiger partial charge on any atom is -0.341 e. The predicted molar refractivity (Wildman–Crippen MR) is 88.7 cm³/mol. The van der Waals surface area contributed by atoms with Crippen molar-refractivity contribution in [1.82, 2.24) is 20.1 Å². The molecule has 1 fully saturated rings. The first-order valence-corrected chi connectivity index (χ1v) is 8.19. The van der Waals surface area contributed by atoms with Gasteiger partial charge in [-0.05, 0) is 24.5 Å². The maximum absolute atomic E-state index is 12.7. The van der Waals surface area contributed by atoms with E-state index in [0.717, 1.165) is 24.9 Å². The van der Waals surface area contributed by atoms with Gasteiger partial charge in [-0.3, -0.25) is 9.78 Å². The van der Waals surface area contributed by atoms with Gasteiger partial charge >= 0.3 is 6.03 Å². The van der Waals surface area contributed by atoms with Crippen molar-refractivity contribution in [1.29, 1.82) is 0 Å². The lowest BCUT2D eigenvalue weighted by atomic mass is 10.0. The molecule has 0 spiro atoms. The number of aromatic nitrogens is 1. The Kier molecular flexibility index (Phi) is 5.96. The standard InChI is InChI=1S/C17H26N4O2/c1-13(2)16(22)21(11-14-6-4-8-19-10-14)15-7-5-9-20(12-15)17(23)18-3/h4,6,8,10,13,15H,5,7,9,11-12H2,1-3H3,(H,18,23). The monoisotopic (exact) mass is 318 g/mol. The predicted octanol–water partition coefficient (Wildman–Crippen LogP) is 1.87. The zero-order chi connectivity index (χ0) is 16.8. The maximum atomic E-state index is 12.7. The number of rotatable bonds is 4. The van der Waals surface area contributed by atoms with E-state index < -0.39 is 0 Å². The molecule has 0 aliphatic carbocycles. The molecule has 2 heterocycles. The molecule has 6 heteroatoms. The van der Waals surface area contributed by atoms with Crippen LogP contribution in [-0.2, 0) is 11.3 Å². The third kappa shape index (κ3) is 4.43. The van der Waals surface area contributed by atoms with Crippen molar-refractivity contribution < 1.29 is 9.59 Å². The smallest absolute Gasteiger partial charge is 0.317 e. The number of likely N-dealkylation sites (tertiary alicyclic amines) is 1. The molecule has 1 atom stereocenters. The fourth-order valence-electron chi connectivity index (χ4n) is 2.96. The average Bonchev–Trinajstić information content (AvgIpc) is 2.59. The number of carbonyl (C=O) groups excluding carboxylic acids is 2. The lowest BCUT2D eigenvalue weighted by Gasteiger charge is -2.40. The number of piperidine rings is 1. The van der Waals surface area contributed by atoms with Crippen molar-refractivity contribution in [2.45, 2.75) is 39.3 Å². The van der Waals surface area contributed by atoms with Crippen LogP contribution in [0.4, 0.5) is 4.79 Å². The van der Waals surface area contributed by atoms with Crippen LogP contribution >= 0.6 is 0 Å². The lowest BCUT2D eigenvalue weighted by Crippen LogP contribution is -2.53. The third-order valence-corrected chi connectivity index (χ3v) is 4.19. The number of nitrogens with zero attached hydrogens (tertiary/aromatic N) is 3. The van der Waals surface area contributed by atoms with Crippen LogP contribution in [0.25, 0.3) is 0 Å². The fraction of sp³-hybridized carbons (Fsp3) is 0.588. The number of carbonyl (C=O) groups is 2. The molecular formula is C17H26N4O2. The Morgan fingerprint density at radius 3 is 2.87 bits per heavy atom. The van der Waals surface area contributed by atoms with Gasteiger partial charge in [0.25, 0.3) is 0 Å². The molecule has 0 saturated carbocycles.